The second kappa shape index (κ2) is 9.05. The summed E-state index contributed by atoms with van der Waals surface area (Å²) in [7, 11) is -4.27. The number of rotatable bonds is 7. The maximum Gasteiger partial charge on any atom is 0.394 e. The SMILES string of the molecule is O=C(O)C(=O)Nc1c([N+](=O)[O-])cccc1S(=O)(=O)NCCN1CCC(O)CC1. The summed E-state index contributed by atoms with van der Waals surface area (Å²) in [5, 5.41) is 31.1. The average Bonchev–Trinajstić information content (AvgIpc) is 2.63. The monoisotopic (exact) mass is 416 g/mol. The first kappa shape index (κ1) is 21.7. The average molecular weight is 416 g/mol. The van der Waals surface area contributed by atoms with Crippen molar-refractivity contribution in [2.75, 3.05) is 31.5 Å². The van der Waals surface area contributed by atoms with Crippen molar-refractivity contribution in [2.24, 2.45) is 0 Å². The molecule has 0 aromatic heterocycles. The Hall–Kier alpha value is -2.61. The van der Waals surface area contributed by atoms with Crippen molar-refractivity contribution in [1.29, 1.82) is 0 Å². The van der Waals surface area contributed by atoms with E-state index in [1.165, 1.54) is 0 Å². The number of hydrogen-bond donors (Lipinski definition) is 4. The summed E-state index contributed by atoms with van der Waals surface area (Å²) < 4.78 is 27.5. The molecular weight excluding hydrogens is 396 g/mol. The Morgan fingerprint density at radius 2 is 1.93 bits per heavy atom. The number of piperidine rings is 1. The number of aliphatic hydroxyl groups excluding tert-OH is 1. The standard InChI is InChI=1S/C15H20N4O8S/c20-10-4-7-18(8-5-10)9-6-16-28(26,27)12-3-1-2-11(19(24)25)13(12)17-14(21)15(22)23/h1-3,10,16,20H,4-9H2,(H,17,21)(H,22,23). The molecule has 0 radical (unpaired) electrons. The van der Waals surface area contributed by atoms with Gasteiger partial charge >= 0.3 is 11.9 Å². The number of likely N-dealkylation sites (tertiary alicyclic amines) is 1. The van der Waals surface area contributed by atoms with Gasteiger partial charge in [-0.15, -0.1) is 0 Å². The van der Waals surface area contributed by atoms with Gasteiger partial charge in [-0.25, -0.2) is 17.9 Å². The van der Waals surface area contributed by atoms with Gasteiger partial charge in [-0.05, 0) is 18.9 Å². The molecule has 13 heteroatoms. The molecule has 1 heterocycles. The maximum absolute atomic E-state index is 12.6. The summed E-state index contributed by atoms with van der Waals surface area (Å²) in [5.74, 6) is -3.51. The van der Waals surface area contributed by atoms with Crippen LogP contribution in [0.1, 0.15) is 12.8 Å². The number of aliphatic hydroxyl groups is 1. The highest BCUT2D eigenvalue weighted by molar-refractivity contribution is 7.89. The Morgan fingerprint density at radius 3 is 2.50 bits per heavy atom. The van der Waals surface area contributed by atoms with Crippen molar-refractivity contribution < 1.29 is 33.1 Å². The number of carboxylic acid groups (broad SMARTS) is 1. The molecule has 1 aromatic rings. The predicted octanol–water partition coefficient (Wildman–Crippen LogP) is -0.647. The van der Waals surface area contributed by atoms with E-state index in [2.05, 4.69) is 4.72 Å². The molecule has 0 unspecified atom stereocenters. The van der Waals surface area contributed by atoms with Gasteiger partial charge in [0.05, 0.1) is 11.0 Å². The molecule has 1 aliphatic rings. The molecule has 1 saturated heterocycles. The van der Waals surface area contributed by atoms with Crippen molar-refractivity contribution in [2.45, 2.75) is 23.8 Å². The molecular formula is C15H20N4O8S. The molecule has 0 atom stereocenters. The zero-order valence-corrected chi connectivity index (χ0v) is 15.5. The lowest BCUT2D eigenvalue weighted by atomic mass is 10.1. The summed E-state index contributed by atoms with van der Waals surface area (Å²) in [6, 6.07) is 3.11. The molecule has 12 nitrogen and oxygen atoms in total. The number of nitrogens with one attached hydrogen (secondary N) is 2. The summed E-state index contributed by atoms with van der Waals surface area (Å²) in [6.07, 6.45) is 0.810. The number of benzene rings is 1. The Kier molecular flexibility index (Phi) is 7.01. The van der Waals surface area contributed by atoms with Crippen LogP contribution in [0.25, 0.3) is 0 Å². The van der Waals surface area contributed by atoms with E-state index in [1.807, 2.05) is 4.90 Å². The number of nitro benzene ring substituents is 1. The lowest BCUT2D eigenvalue weighted by molar-refractivity contribution is -0.384. The summed E-state index contributed by atoms with van der Waals surface area (Å²) in [5.41, 5.74) is -1.46. The van der Waals surface area contributed by atoms with Gasteiger partial charge in [0.1, 0.15) is 10.6 Å². The Bertz CT molecular complexity index is 865. The van der Waals surface area contributed by atoms with Crippen LogP contribution in [0.15, 0.2) is 23.1 Å². The normalized spacial score (nSPS) is 15.9. The second-order valence-electron chi connectivity index (χ2n) is 6.14. The fourth-order valence-electron chi connectivity index (χ4n) is 2.75. The third kappa shape index (κ3) is 5.45. The van der Waals surface area contributed by atoms with Crippen LogP contribution in [0.3, 0.4) is 0 Å². The zero-order valence-electron chi connectivity index (χ0n) is 14.7. The van der Waals surface area contributed by atoms with E-state index in [0.29, 0.717) is 32.5 Å². The number of carbonyl (C=O) groups is 2. The number of nitrogens with zero attached hydrogens (tertiary/aromatic N) is 2. The van der Waals surface area contributed by atoms with Crippen LogP contribution >= 0.6 is 0 Å². The third-order valence-electron chi connectivity index (χ3n) is 4.20. The minimum atomic E-state index is -4.27. The van der Waals surface area contributed by atoms with Crippen LogP contribution in [0, 0.1) is 10.1 Å². The van der Waals surface area contributed by atoms with Crippen LogP contribution in [-0.4, -0.2) is 72.6 Å². The highest BCUT2D eigenvalue weighted by Crippen LogP contribution is 2.31. The van der Waals surface area contributed by atoms with Crippen LogP contribution in [0.2, 0.25) is 0 Å². The van der Waals surface area contributed by atoms with Crippen LogP contribution < -0.4 is 10.0 Å². The largest absolute Gasteiger partial charge is 0.474 e. The number of hydrogen-bond acceptors (Lipinski definition) is 8. The van der Waals surface area contributed by atoms with Crippen molar-refractivity contribution >= 4 is 33.3 Å². The first-order valence-corrected chi connectivity index (χ1v) is 9.82. The van der Waals surface area contributed by atoms with Gasteiger partial charge in [-0.1, -0.05) is 6.07 Å². The number of para-hydroxylation sites is 1. The van der Waals surface area contributed by atoms with E-state index in [-0.39, 0.29) is 12.6 Å². The predicted molar refractivity (Wildman–Crippen MR) is 96.2 cm³/mol. The van der Waals surface area contributed by atoms with Gasteiger partial charge in [-0.2, -0.15) is 0 Å². The molecule has 4 N–H and O–H groups in total. The van der Waals surface area contributed by atoms with E-state index in [4.69, 9.17) is 5.11 Å². The van der Waals surface area contributed by atoms with Gasteiger partial charge in [0.15, 0.2) is 0 Å². The number of aliphatic carboxylic acids is 1. The number of sulfonamides is 1. The Morgan fingerprint density at radius 1 is 1.29 bits per heavy atom. The van der Waals surface area contributed by atoms with Crippen molar-refractivity contribution in [3.8, 4) is 0 Å². The first-order chi connectivity index (χ1) is 13.1. The third-order valence-corrected chi connectivity index (χ3v) is 5.70. The fraction of sp³-hybridized carbons (Fsp3) is 0.467. The summed E-state index contributed by atoms with van der Waals surface area (Å²) >= 11 is 0. The molecule has 0 bridgehead atoms. The van der Waals surface area contributed by atoms with E-state index in [9.17, 15) is 33.2 Å². The molecule has 1 fully saturated rings. The van der Waals surface area contributed by atoms with E-state index in [1.54, 1.807) is 5.32 Å². The van der Waals surface area contributed by atoms with Crippen LogP contribution in [-0.2, 0) is 19.6 Å². The van der Waals surface area contributed by atoms with Crippen molar-refractivity contribution in [3.05, 3.63) is 28.3 Å². The van der Waals surface area contributed by atoms with Gasteiger partial charge in [0, 0.05) is 32.2 Å². The molecule has 1 aliphatic heterocycles. The van der Waals surface area contributed by atoms with Gasteiger partial charge < -0.3 is 20.4 Å². The van der Waals surface area contributed by atoms with E-state index >= 15 is 0 Å². The number of carboxylic acids is 1. The number of nitro groups is 1. The van der Waals surface area contributed by atoms with Gasteiger partial charge in [0.2, 0.25) is 10.0 Å². The lowest BCUT2D eigenvalue weighted by Gasteiger charge is -2.29. The number of amides is 1. The van der Waals surface area contributed by atoms with E-state index in [0.717, 1.165) is 18.2 Å². The lowest BCUT2D eigenvalue weighted by Crippen LogP contribution is -2.40. The minimum absolute atomic E-state index is 0.00651. The Labute approximate surface area is 160 Å². The molecule has 28 heavy (non-hydrogen) atoms. The van der Waals surface area contributed by atoms with E-state index < -0.39 is 43.1 Å². The smallest absolute Gasteiger partial charge is 0.394 e. The molecule has 1 aromatic carbocycles. The molecule has 0 saturated carbocycles. The van der Waals surface area contributed by atoms with Gasteiger partial charge in [-0.3, -0.25) is 14.9 Å². The number of anilines is 1. The summed E-state index contributed by atoms with van der Waals surface area (Å²) in [4.78, 5) is 33.8. The molecule has 2 rings (SSSR count). The molecule has 0 spiro atoms. The zero-order chi connectivity index (χ0) is 20.9. The number of carbonyl (C=O) groups excluding carboxylic acids is 1. The van der Waals surface area contributed by atoms with Crippen LogP contribution in [0.5, 0.6) is 0 Å². The molecule has 0 aliphatic carbocycles. The second-order valence-corrected chi connectivity index (χ2v) is 7.87. The van der Waals surface area contributed by atoms with Crippen molar-refractivity contribution in [1.82, 2.24) is 9.62 Å². The van der Waals surface area contributed by atoms with Crippen LogP contribution in [0.4, 0.5) is 11.4 Å². The Balaban J connectivity index is 2.19. The highest BCUT2D eigenvalue weighted by atomic mass is 32.2. The molecule has 1 amide bonds. The highest BCUT2D eigenvalue weighted by Gasteiger charge is 2.28. The topological polar surface area (TPSA) is 179 Å². The first-order valence-electron chi connectivity index (χ1n) is 8.33. The fourth-order valence-corrected chi connectivity index (χ4v) is 3.94. The van der Waals surface area contributed by atoms with Crippen molar-refractivity contribution in [3.63, 3.8) is 0 Å². The maximum atomic E-state index is 12.6. The van der Waals surface area contributed by atoms with Gasteiger partial charge in [0.25, 0.3) is 5.69 Å². The minimum Gasteiger partial charge on any atom is -0.474 e. The quantitative estimate of drug-likeness (QED) is 0.255. The summed E-state index contributed by atoms with van der Waals surface area (Å²) in [6.45, 7) is 1.57. The molecule has 154 valence electrons.